The molecule has 0 unspecified atom stereocenters. The van der Waals surface area contributed by atoms with E-state index in [0.717, 1.165) is 0 Å². The van der Waals surface area contributed by atoms with Crippen molar-refractivity contribution in [3.63, 3.8) is 0 Å². The van der Waals surface area contributed by atoms with Gasteiger partial charge in [0.1, 0.15) is 0 Å². The Bertz CT molecular complexity index is 457. The molecule has 0 bridgehead atoms. The summed E-state index contributed by atoms with van der Waals surface area (Å²) in [5.41, 5.74) is 1.34. The molecule has 1 aromatic rings. The van der Waals surface area contributed by atoms with Crippen LogP contribution in [0.4, 0.5) is 11.4 Å². The number of hydrogen-bond donors (Lipinski definition) is 2. The molecule has 84 valence electrons. The molecule has 1 aromatic carbocycles. The third kappa shape index (κ3) is 1.71. The lowest BCUT2D eigenvalue weighted by molar-refractivity contribution is -0.115. The molecule has 2 N–H and O–H groups in total. The van der Waals surface area contributed by atoms with Crippen LogP contribution >= 0.6 is 0 Å². The van der Waals surface area contributed by atoms with Gasteiger partial charge in [0.25, 0.3) is 0 Å². The number of carbonyl (C=O) groups excluding carboxylic acids is 1. The fraction of sp³-hybridized carbons (Fsp3) is 0.273. The van der Waals surface area contributed by atoms with E-state index in [1.807, 2.05) is 0 Å². The van der Waals surface area contributed by atoms with E-state index in [0.29, 0.717) is 24.3 Å². The topological polar surface area (TPSA) is 69.6 Å². The maximum absolute atomic E-state index is 11.4. The van der Waals surface area contributed by atoms with Crippen molar-refractivity contribution in [1.29, 1.82) is 0 Å². The Morgan fingerprint density at radius 1 is 1.50 bits per heavy atom. The van der Waals surface area contributed by atoms with E-state index in [1.165, 1.54) is 6.07 Å². The van der Waals surface area contributed by atoms with Crippen LogP contribution in [0, 0.1) is 0 Å². The molecule has 0 aromatic heterocycles. The predicted octanol–water partition coefficient (Wildman–Crippen LogP) is 1.16. The number of anilines is 2. The highest BCUT2D eigenvalue weighted by Crippen LogP contribution is 2.31. The Labute approximate surface area is 92.7 Å². The molecule has 5 nitrogen and oxygen atoms in total. The second-order valence-corrected chi connectivity index (χ2v) is 3.73. The van der Waals surface area contributed by atoms with Crippen molar-refractivity contribution in [3.8, 4) is 0 Å². The standard InChI is InChI=1S/C11H12N2O3/c1-13-6-5-9(14)12-8-4-2-3-7(10(8)13)11(15)16/h2-4H,5-6H2,1H3,(H,12,14)(H,15,16). The fourth-order valence-corrected chi connectivity index (χ4v) is 1.82. The molecule has 0 atom stereocenters. The summed E-state index contributed by atoms with van der Waals surface area (Å²) in [4.78, 5) is 24.2. The van der Waals surface area contributed by atoms with Crippen LogP contribution < -0.4 is 10.2 Å². The third-order valence-electron chi connectivity index (χ3n) is 2.60. The van der Waals surface area contributed by atoms with Crippen molar-refractivity contribution >= 4 is 23.3 Å². The Morgan fingerprint density at radius 3 is 2.94 bits per heavy atom. The van der Waals surface area contributed by atoms with Crippen LogP contribution in [-0.2, 0) is 4.79 Å². The van der Waals surface area contributed by atoms with Crippen molar-refractivity contribution < 1.29 is 14.7 Å². The van der Waals surface area contributed by atoms with Gasteiger partial charge in [-0.05, 0) is 12.1 Å². The number of aromatic carboxylic acids is 1. The van der Waals surface area contributed by atoms with Gasteiger partial charge in [-0.3, -0.25) is 4.79 Å². The minimum Gasteiger partial charge on any atom is -0.478 e. The SMILES string of the molecule is CN1CCC(=O)Nc2cccc(C(=O)O)c21. The van der Waals surface area contributed by atoms with E-state index in [-0.39, 0.29) is 11.5 Å². The fourth-order valence-electron chi connectivity index (χ4n) is 1.82. The van der Waals surface area contributed by atoms with Gasteiger partial charge in [-0.25, -0.2) is 4.79 Å². The first-order chi connectivity index (χ1) is 7.59. The van der Waals surface area contributed by atoms with Crippen LogP contribution in [0.2, 0.25) is 0 Å². The number of carboxylic acids is 1. The van der Waals surface area contributed by atoms with Gasteiger partial charge in [0.05, 0.1) is 16.9 Å². The number of rotatable bonds is 1. The molecule has 0 spiro atoms. The van der Waals surface area contributed by atoms with Crippen LogP contribution in [-0.4, -0.2) is 30.6 Å². The van der Waals surface area contributed by atoms with Gasteiger partial charge in [0, 0.05) is 20.0 Å². The smallest absolute Gasteiger partial charge is 0.337 e. The maximum Gasteiger partial charge on any atom is 0.337 e. The van der Waals surface area contributed by atoms with Gasteiger partial charge in [-0.1, -0.05) is 6.07 Å². The summed E-state index contributed by atoms with van der Waals surface area (Å²) in [7, 11) is 1.78. The highest BCUT2D eigenvalue weighted by atomic mass is 16.4. The number of nitrogens with zero attached hydrogens (tertiary/aromatic N) is 1. The van der Waals surface area contributed by atoms with E-state index in [1.54, 1.807) is 24.1 Å². The lowest BCUT2D eigenvalue weighted by Crippen LogP contribution is -2.20. The minimum absolute atomic E-state index is 0.0897. The summed E-state index contributed by atoms with van der Waals surface area (Å²) in [5, 5.41) is 11.8. The lowest BCUT2D eigenvalue weighted by Gasteiger charge is -2.20. The van der Waals surface area contributed by atoms with E-state index < -0.39 is 5.97 Å². The molecular weight excluding hydrogens is 208 g/mol. The molecule has 2 rings (SSSR count). The average Bonchev–Trinajstić information content (AvgIpc) is 2.38. The van der Waals surface area contributed by atoms with Crippen molar-refractivity contribution in [1.82, 2.24) is 0 Å². The number of carbonyl (C=O) groups is 2. The molecule has 1 aliphatic heterocycles. The van der Waals surface area contributed by atoms with Crippen LogP contribution in [0.15, 0.2) is 18.2 Å². The second kappa shape index (κ2) is 3.84. The minimum atomic E-state index is -0.986. The lowest BCUT2D eigenvalue weighted by atomic mass is 10.1. The van der Waals surface area contributed by atoms with Gasteiger partial charge in [-0.2, -0.15) is 0 Å². The van der Waals surface area contributed by atoms with Crippen molar-refractivity contribution in [2.45, 2.75) is 6.42 Å². The van der Waals surface area contributed by atoms with Gasteiger partial charge >= 0.3 is 5.97 Å². The first kappa shape index (κ1) is 10.5. The second-order valence-electron chi connectivity index (χ2n) is 3.73. The molecule has 0 aliphatic carbocycles. The zero-order valence-electron chi connectivity index (χ0n) is 8.86. The number of hydrogen-bond acceptors (Lipinski definition) is 3. The van der Waals surface area contributed by atoms with Crippen LogP contribution in [0.3, 0.4) is 0 Å². The largest absolute Gasteiger partial charge is 0.478 e. The maximum atomic E-state index is 11.4. The molecule has 0 fully saturated rings. The molecule has 0 saturated heterocycles. The molecule has 0 radical (unpaired) electrons. The zero-order chi connectivity index (χ0) is 11.7. The molecule has 1 aliphatic rings. The Morgan fingerprint density at radius 2 is 2.25 bits per heavy atom. The van der Waals surface area contributed by atoms with E-state index in [4.69, 9.17) is 5.11 Å². The Hall–Kier alpha value is -2.04. The number of carboxylic acid groups (broad SMARTS) is 1. The van der Waals surface area contributed by atoms with E-state index >= 15 is 0 Å². The highest BCUT2D eigenvalue weighted by Gasteiger charge is 2.21. The molecule has 5 heteroatoms. The number of amides is 1. The number of nitrogens with one attached hydrogen (secondary N) is 1. The van der Waals surface area contributed by atoms with Gasteiger partial charge in [0.2, 0.25) is 5.91 Å². The quantitative estimate of drug-likeness (QED) is 0.745. The third-order valence-corrected chi connectivity index (χ3v) is 2.60. The van der Waals surface area contributed by atoms with Crippen molar-refractivity contribution in [3.05, 3.63) is 23.8 Å². The van der Waals surface area contributed by atoms with E-state index in [9.17, 15) is 9.59 Å². The summed E-state index contributed by atoms with van der Waals surface area (Å²) in [6.07, 6.45) is 0.365. The molecule has 1 heterocycles. The summed E-state index contributed by atoms with van der Waals surface area (Å²) in [6, 6.07) is 4.87. The van der Waals surface area contributed by atoms with Crippen LogP contribution in [0.25, 0.3) is 0 Å². The Kier molecular flexibility index (Phi) is 2.52. The molecular formula is C11H12N2O3. The van der Waals surface area contributed by atoms with Gasteiger partial charge in [0.15, 0.2) is 0 Å². The summed E-state index contributed by atoms with van der Waals surface area (Å²) in [6.45, 7) is 0.517. The molecule has 16 heavy (non-hydrogen) atoms. The number of benzene rings is 1. The van der Waals surface area contributed by atoms with Gasteiger partial charge < -0.3 is 15.3 Å². The number of fused-ring (bicyclic) bond motifs is 1. The van der Waals surface area contributed by atoms with Crippen LogP contribution in [0.1, 0.15) is 16.8 Å². The zero-order valence-corrected chi connectivity index (χ0v) is 8.86. The monoisotopic (exact) mass is 220 g/mol. The normalized spacial score (nSPS) is 15.1. The van der Waals surface area contributed by atoms with E-state index in [2.05, 4.69) is 5.32 Å². The summed E-state index contributed by atoms with van der Waals surface area (Å²) >= 11 is 0. The van der Waals surface area contributed by atoms with Crippen molar-refractivity contribution in [2.24, 2.45) is 0 Å². The first-order valence-corrected chi connectivity index (χ1v) is 4.97. The summed E-state index contributed by atoms with van der Waals surface area (Å²) < 4.78 is 0. The van der Waals surface area contributed by atoms with Crippen molar-refractivity contribution in [2.75, 3.05) is 23.8 Å². The summed E-state index contributed by atoms with van der Waals surface area (Å²) in [5.74, 6) is -1.08. The van der Waals surface area contributed by atoms with Crippen LogP contribution in [0.5, 0.6) is 0 Å². The molecule has 1 amide bonds. The number of para-hydroxylation sites is 1. The predicted molar refractivity (Wildman–Crippen MR) is 59.9 cm³/mol. The molecule has 0 saturated carbocycles. The van der Waals surface area contributed by atoms with Gasteiger partial charge in [-0.15, -0.1) is 0 Å². The highest BCUT2D eigenvalue weighted by molar-refractivity contribution is 6.03. The average molecular weight is 220 g/mol. The first-order valence-electron chi connectivity index (χ1n) is 4.97. The Balaban J connectivity index is 2.58.